The molecule has 0 spiro atoms. The van der Waals surface area contributed by atoms with Crippen LogP contribution in [0.5, 0.6) is 0 Å². The molecule has 6 nitrogen and oxygen atoms in total. The van der Waals surface area contributed by atoms with E-state index in [9.17, 15) is 0 Å². The highest BCUT2D eigenvalue weighted by atomic mass is 35.5. The second-order valence-electron chi connectivity index (χ2n) is 6.94. The van der Waals surface area contributed by atoms with Crippen LogP contribution in [-0.4, -0.2) is 34.7 Å². The Kier molecular flexibility index (Phi) is 7.41. The first-order valence-electron chi connectivity index (χ1n) is 9.62. The van der Waals surface area contributed by atoms with Crippen molar-refractivity contribution in [2.45, 2.75) is 39.2 Å². The molecule has 0 amide bonds. The molecule has 0 aliphatic carbocycles. The van der Waals surface area contributed by atoms with E-state index in [0.29, 0.717) is 23.5 Å². The second-order valence-corrected chi connectivity index (χ2v) is 8.38. The lowest BCUT2D eigenvalue weighted by atomic mass is 10.0. The number of halogens is 1. The summed E-state index contributed by atoms with van der Waals surface area (Å²) in [6, 6.07) is 9.59. The zero-order valence-electron chi connectivity index (χ0n) is 17.1. The highest BCUT2D eigenvalue weighted by Gasteiger charge is 2.20. The van der Waals surface area contributed by atoms with Crippen LogP contribution in [0.1, 0.15) is 38.8 Å². The summed E-state index contributed by atoms with van der Waals surface area (Å²) in [6.07, 6.45) is 2.76. The number of nitrogens with one attached hydrogen (secondary N) is 2. The monoisotopic (exact) mass is 431 g/mol. The molecule has 3 rings (SSSR count). The maximum atomic E-state index is 6.07. The van der Waals surface area contributed by atoms with Crippen molar-refractivity contribution in [1.82, 2.24) is 15.0 Å². The minimum absolute atomic E-state index is 0.175. The van der Waals surface area contributed by atoms with E-state index in [1.165, 1.54) is 0 Å². The van der Waals surface area contributed by atoms with E-state index in [-0.39, 0.29) is 6.04 Å². The van der Waals surface area contributed by atoms with Gasteiger partial charge in [-0.05, 0) is 43.5 Å². The first-order chi connectivity index (χ1) is 14.0. The Bertz CT molecular complexity index is 948. The average molecular weight is 432 g/mol. The van der Waals surface area contributed by atoms with Gasteiger partial charge in [-0.15, -0.1) is 0 Å². The summed E-state index contributed by atoms with van der Waals surface area (Å²) >= 11 is 7.68. The van der Waals surface area contributed by atoms with Gasteiger partial charge in [-0.3, -0.25) is 0 Å². The molecule has 2 heterocycles. The van der Waals surface area contributed by atoms with Gasteiger partial charge < -0.3 is 15.4 Å². The summed E-state index contributed by atoms with van der Waals surface area (Å²) < 4.78 is 5.22. The SMILES string of the molecule is CCC(C)c1nc(NC(C)COC)sc1-c1ccnc(Nc2cccc(Cl)c2)n1. The Balaban J connectivity index is 1.91. The smallest absolute Gasteiger partial charge is 0.227 e. The molecule has 0 saturated carbocycles. The highest BCUT2D eigenvalue weighted by molar-refractivity contribution is 7.19. The van der Waals surface area contributed by atoms with Crippen molar-refractivity contribution < 1.29 is 4.74 Å². The van der Waals surface area contributed by atoms with E-state index < -0.39 is 0 Å². The maximum absolute atomic E-state index is 6.07. The second kappa shape index (κ2) is 10.0. The summed E-state index contributed by atoms with van der Waals surface area (Å²) in [6.45, 7) is 7.05. The molecule has 3 aromatic rings. The molecular weight excluding hydrogens is 406 g/mol. The van der Waals surface area contributed by atoms with Crippen LogP contribution < -0.4 is 10.6 Å². The molecule has 2 N–H and O–H groups in total. The Morgan fingerprint density at radius 1 is 1.21 bits per heavy atom. The minimum atomic E-state index is 0.175. The van der Waals surface area contributed by atoms with Crippen molar-refractivity contribution in [3.63, 3.8) is 0 Å². The fraction of sp³-hybridized carbons (Fsp3) is 0.381. The van der Waals surface area contributed by atoms with E-state index >= 15 is 0 Å². The van der Waals surface area contributed by atoms with Crippen LogP contribution in [0.2, 0.25) is 5.02 Å². The lowest BCUT2D eigenvalue weighted by Crippen LogP contribution is -2.20. The molecule has 154 valence electrons. The van der Waals surface area contributed by atoms with Crippen molar-refractivity contribution in [3.8, 4) is 10.6 Å². The van der Waals surface area contributed by atoms with Gasteiger partial charge in [0.05, 0.1) is 22.9 Å². The molecule has 2 atom stereocenters. The van der Waals surface area contributed by atoms with Gasteiger partial charge in [-0.1, -0.05) is 42.9 Å². The van der Waals surface area contributed by atoms with Gasteiger partial charge in [-0.2, -0.15) is 0 Å². The van der Waals surface area contributed by atoms with Crippen molar-refractivity contribution in [2.24, 2.45) is 0 Å². The summed E-state index contributed by atoms with van der Waals surface area (Å²) in [5.74, 6) is 0.851. The highest BCUT2D eigenvalue weighted by Crippen LogP contribution is 2.37. The van der Waals surface area contributed by atoms with E-state index in [1.807, 2.05) is 30.3 Å². The molecule has 2 unspecified atom stereocenters. The maximum Gasteiger partial charge on any atom is 0.227 e. The van der Waals surface area contributed by atoms with Crippen LogP contribution >= 0.6 is 22.9 Å². The average Bonchev–Trinajstić information content (AvgIpc) is 3.11. The molecule has 0 aliphatic rings. The number of methoxy groups -OCH3 is 1. The zero-order valence-corrected chi connectivity index (χ0v) is 18.6. The topological polar surface area (TPSA) is 72.0 Å². The number of anilines is 3. The summed E-state index contributed by atoms with van der Waals surface area (Å²) in [5, 5.41) is 8.18. The Morgan fingerprint density at radius 3 is 2.76 bits per heavy atom. The number of nitrogens with zero attached hydrogens (tertiary/aromatic N) is 3. The Hall–Kier alpha value is -2.22. The fourth-order valence-corrected chi connectivity index (χ4v) is 4.21. The number of hydrogen-bond acceptors (Lipinski definition) is 7. The Morgan fingerprint density at radius 2 is 2.03 bits per heavy atom. The molecule has 0 radical (unpaired) electrons. The van der Waals surface area contributed by atoms with Crippen molar-refractivity contribution in [2.75, 3.05) is 24.4 Å². The fourth-order valence-electron chi connectivity index (χ4n) is 2.85. The van der Waals surface area contributed by atoms with Crippen molar-refractivity contribution in [3.05, 3.63) is 47.2 Å². The number of rotatable bonds is 9. The van der Waals surface area contributed by atoms with Gasteiger partial charge in [0.2, 0.25) is 5.95 Å². The quantitative estimate of drug-likeness (QED) is 0.435. The molecule has 0 fully saturated rings. The van der Waals surface area contributed by atoms with Crippen molar-refractivity contribution >= 4 is 39.7 Å². The van der Waals surface area contributed by atoms with Crippen LogP contribution in [0, 0.1) is 0 Å². The van der Waals surface area contributed by atoms with Crippen molar-refractivity contribution in [1.29, 1.82) is 0 Å². The van der Waals surface area contributed by atoms with Crippen LogP contribution in [-0.2, 0) is 4.74 Å². The molecule has 0 saturated heterocycles. The normalized spacial score (nSPS) is 13.1. The lowest BCUT2D eigenvalue weighted by Gasteiger charge is -2.11. The minimum Gasteiger partial charge on any atom is -0.383 e. The summed E-state index contributed by atoms with van der Waals surface area (Å²) in [4.78, 5) is 15.0. The van der Waals surface area contributed by atoms with E-state index in [1.54, 1.807) is 24.6 Å². The number of benzene rings is 1. The number of hydrogen-bond donors (Lipinski definition) is 2. The van der Waals surface area contributed by atoms with Gasteiger partial charge in [-0.25, -0.2) is 15.0 Å². The third-order valence-corrected chi connectivity index (χ3v) is 5.75. The lowest BCUT2D eigenvalue weighted by molar-refractivity contribution is 0.190. The van der Waals surface area contributed by atoms with Crippen LogP contribution in [0.3, 0.4) is 0 Å². The van der Waals surface area contributed by atoms with Crippen LogP contribution in [0.15, 0.2) is 36.5 Å². The molecule has 0 aliphatic heterocycles. The molecular formula is C21H26ClN5OS. The third kappa shape index (κ3) is 5.65. The van der Waals surface area contributed by atoms with Gasteiger partial charge in [0.15, 0.2) is 5.13 Å². The summed E-state index contributed by atoms with van der Waals surface area (Å²) in [5.41, 5.74) is 2.75. The van der Waals surface area contributed by atoms with E-state index in [2.05, 4.69) is 36.4 Å². The standard InChI is InChI=1S/C21H26ClN5OS/c1-5-13(2)18-19(29-21(27-18)24-14(3)12-28-4)17-9-10-23-20(26-17)25-16-8-6-7-15(22)11-16/h6-11,13-14H,5,12H2,1-4H3,(H,24,27)(H,23,25,26). The van der Waals surface area contributed by atoms with Gasteiger partial charge in [0.1, 0.15) is 0 Å². The van der Waals surface area contributed by atoms with Gasteiger partial charge in [0.25, 0.3) is 0 Å². The molecule has 0 bridgehead atoms. The first-order valence-corrected chi connectivity index (χ1v) is 10.8. The van der Waals surface area contributed by atoms with Crippen LogP contribution in [0.4, 0.5) is 16.8 Å². The molecule has 1 aromatic carbocycles. The van der Waals surface area contributed by atoms with Gasteiger partial charge in [0, 0.05) is 30.1 Å². The Labute approximate surface area is 180 Å². The van der Waals surface area contributed by atoms with E-state index in [4.69, 9.17) is 26.3 Å². The number of ether oxygens (including phenoxy) is 1. The zero-order chi connectivity index (χ0) is 20.8. The summed E-state index contributed by atoms with van der Waals surface area (Å²) in [7, 11) is 1.70. The number of thiazole rings is 1. The predicted octanol–water partition coefficient (Wildman–Crippen LogP) is 5.96. The molecule has 2 aromatic heterocycles. The van der Waals surface area contributed by atoms with Gasteiger partial charge >= 0.3 is 0 Å². The van der Waals surface area contributed by atoms with E-state index in [0.717, 1.165) is 33.5 Å². The largest absolute Gasteiger partial charge is 0.383 e. The predicted molar refractivity (Wildman–Crippen MR) is 122 cm³/mol. The molecule has 29 heavy (non-hydrogen) atoms. The van der Waals surface area contributed by atoms with Crippen LogP contribution in [0.25, 0.3) is 10.6 Å². The third-order valence-electron chi connectivity index (χ3n) is 4.49. The number of aromatic nitrogens is 3. The first kappa shape index (κ1) is 21.5. The molecule has 8 heteroatoms.